The number of carbonyl (C=O) groups is 2. The van der Waals surface area contributed by atoms with Crippen LogP contribution in [0, 0.1) is 5.21 Å². The predicted molar refractivity (Wildman–Crippen MR) is 162 cm³/mol. The van der Waals surface area contributed by atoms with Crippen molar-refractivity contribution in [2.45, 2.75) is 31.5 Å². The van der Waals surface area contributed by atoms with Crippen molar-refractivity contribution in [3.8, 4) is 11.5 Å². The highest BCUT2D eigenvalue weighted by molar-refractivity contribution is 7.13. The van der Waals surface area contributed by atoms with Gasteiger partial charge < -0.3 is 24.5 Å². The number of carboxylic acids is 1. The van der Waals surface area contributed by atoms with E-state index in [1.54, 1.807) is 24.3 Å². The molecule has 2 atom stereocenters. The molecule has 2 aromatic carbocycles. The average Bonchev–Trinajstić information content (AvgIpc) is 3.46. The number of rotatable bonds is 10. The van der Waals surface area contributed by atoms with Crippen LogP contribution < -0.4 is 14.2 Å². The molecule has 2 aromatic heterocycles. The van der Waals surface area contributed by atoms with Crippen LogP contribution in [-0.2, 0) is 28.9 Å². The fraction of sp³-hybridized carbons (Fsp3) is 0.258. The number of halogens is 2. The summed E-state index contributed by atoms with van der Waals surface area (Å²) >= 11 is 14.0. The molecular weight excluding hydrogens is 615 g/mol. The van der Waals surface area contributed by atoms with Crippen LogP contribution in [0.25, 0.3) is 0 Å². The van der Waals surface area contributed by atoms with E-state index < -0.39 is 24.1 Å². The molecule has 0 bridgehead atoms. The number of pyridine rings is 1. The highest BCUT2D eigenvalue weighted by Crippen LogP contribution is 2.36. The van der Waals surface area contributed by atoms with Crippen LogP contribution in [-0.4, -0.2) is 42.7 Å². The molecule has 1 unspecified atom stereocenters. The van der Waals surface area contributed by atoms with Crippen LogP contribution in [0.3, 0.4) is 0 Å². The Morgan fingerprint density at radius 1 is 1.07 bits per heavy atom. The molecule has 1 aliphatic rings. The first kappa shape index (κ1) is 30.6. The maximum atomic E-state index is 13.5. The maximum absolute atomic E-state index is 13.5. The van der Waals surface area contributed by atoms with Crippen molar-refractivity contribution < 1.29 is 33.6 Å². The minimum absolute atomic E-state index is 0.0887. The van der Waals surface area contributed by atoms with E-state index in [-0.39, 0.29) is 16.5 Å². The summed E-state index contributed by atoms with van der Waals surface area (Å²) in [6.07, 6.45) is 2.36. The molecule has 0 amide bonds. The quantitative estimate of drug-likeness (QED) is 0.127. The second kappa shape index (κ2) is 13.2. The van der Waals surface area contributed by atoms with Gasteiger partial charge in [-0.2, -0.15) is 4.73 Å². The van der Waals surface area contributed by atoms with Crippen LogP contribution in [0.1, 0.15) is 48.9 Å². The van der Waals surface area contributed by atoms with E-state index in [9.17, 15) is 19.9 Å². The zero-order valence-corrected chi connectivity index (χ0v) is 25.6. The van der Waals surface area contributed by atoms with Gasteiger partial charge in [-0.3, -0.25) is 9.69 Å². The molecule has 9 nitrogen and oxygen atoms in total. The van der Waals surface area contributed by atoms with Gasteiger partial charge in [0.05, 0.1) is 14.2 Å². The number of hydrogen-bond acceptors (Lipinski definition) is 8. The molecule has 0 spiro atoms. The van der Waals surface area contributed by atoms with E-state index in [0.29, 0.717) is 45.3 Å². The topological polar surface area (TPSA) is 112 Å². The standard InChI is InChI=1S/C31H28Cl2N2O7S/c1-40-25-9-7-19(13-27(25)41-2)26(14-22-23(32)16-35(39)17-24(22)33)42-31(38)28-10-8-20(43-28)15-34-12-11-18-5-3-4-6-21(18)29(34)30(36)37/h3-10,13,16-17,26,29H,11-12,14-15H2,1-2H3,(H,36,37)/t26-,29?/m0/s1. The van der Waals surface area contributed by atoms with Crippen LogP contribution >= 0.6 is 34.5 Å². The molecule has 12 heteroatoms. The number of thiophene rings is 1. The van der Waals surface area contributed by atoms with Crippen LogP contribution in [0.15, 0.2) is 67.0 Å². The molecule has 0 saturated carbocycles. The third-order valence-electron chi connectivity index (χ3n) is 7.31. The van der Waals surface area contributed by atoms with Gasteiger partial charge in [0.15, 0.2) is 23.9 Å². The molecule has 224 valence electrons. The molecule has 0 fully saturated rings. The van der Waals surface area contributed by atoms with E-state index >= 15 is 0 Å². The number of fused-ring (bicyclic) bond motifs is 1. The lowest BCUT2D eigenvalue weighted by Gasteiger charge is -2.34. The van der Waals surface area contributed by atoms with Crippen LogP contribution in [0.5, 0.6) is 11.5 Å². The number of benzene rings is 2. The summed E-state index contributed by atoms with van der Waals surface area (Å²) in [5.41, 5.74) is 2.87. The van der Waals surface area contributed by atoms with Crippen molar-refractivity contribution in [2.24, 2.45) is 0 Å². The minimum Gasteiger partial charge on any atom is -0.619 e. The lowest BCUT2D eigenvalue weighted by Crippen LogP contribution is -2.39. The number of nitrogens with zero attached hydrogens (tertiary/aromatic N) is 2. The third kappa shape index (κ3) is 6.73. The highest BCUT2D eigenvalue weighted by atomic mass is 35.5. The van der Waals surface area contributed by atoms with Crippen molar-refractivity contribution in [2.75, 3.05) is 20.8 Å². The van der Waals surface area contributed by atoms with Crippen LogP contribution in [0.2, 0.25) is 10.0 Å². The Kier molecular flexibility index (Phi) is 9.41. The molecule has 4 aromatic rings. The summed E-state index contributed by atoms with van der Waals surface area (Å²) in [5.74, 6) is -0.542. The summed E-state index contributed by atoms with van der Waals surface area (Å²) in [6, 6.07) is 15.4. The largest absolute Gasteiger partial charge is 0.619 e. The summed E-state index contributed by atoms with van der Waals surface area (Å²) in [7, 11) is 3.02. The van der Waals surface area contributed by atoms with Gasteiger partial charge in [-0.25, -0.2) is 4.79 Å². The summed E-state index contributed by atoms with van der Waals surface area (Å²) in [4.78, 5) is 28.8. The normalized spacial score (nSPS) is 15.4. The Labute approximate surface area is 262 Å². The van der Waals surface area contributed by atoms with Gasteiger partial charge in [0, 0.05) is 30.0 Å². The molecule has 5 rings (SSSR count). The Hall–Kier alpha value is -3.83. The maximum Gasteiger partial charge on any atom is 0.348 e. The number of methoxy groups -OCH3 is 2. The average molecular weight is 644 g/mol. The van der Waals surface area contributed by atoms with Gasteiger partial charge in [-0.1, -0.05) is 53.5 Å². The zero-order valence-electron chi connectivity index (χ0n) is 23.3. The zero-order chi connectivity index (χ0) is 30.7. The summed E-state index contributed by atoms with van der Waals surface area (Å²) in [6.45, 7) is 0.946. The van der Waals surface area contributed by atoms with Gasteiger partial charge in [0.2, 0.25) is 0 Å². The lowest BCUT2D eigenvalue weighted by atomic mass is 9.92. The van der Waals surface area contributed by atoms with Crippen molar-refractivity contribution in [3.05, 3.63) is 114 Å². The van der Waals surface area contributed by atoms with E-state index in [1.165, 1.54) is 38.0 Å². The number of hydrogen-bond donors (Lipinski definition) is 1. The second-order valence-corrected chi connectivity index (χ2v) is 11.9. The van der Waals surface area contributed by atoms with E-state index in [2.05, 4.69) is 0 Å². The number of esters is 1. The first-order valence-corrected chi connectivity index (χ1v) is 14.9. The smallest absolute Gasteiger partial charge is 0.348 e. The van der Waals surface area contributed by atoms with Crippen LogP contribution in [0.4, 0.5) is 0 Å². The molecule has 3 heterocycles. The predicted octanol–water partition coefficient (Wildman–Crippen LogP) is 6.03. The number of aliphatic carboxylic acids is 1. The molecular formula is C31H28Cl2N2O7S. The second-order valence-electron chi connectivity index (χ2n) is 9.93. The van der Waals surface area contributed by atoms with Gasteiger partial charge >= 0.3 is 11.9 Å². The molecule has 43 heavy (non-hydrogen) atoms. The number of ether oxygens (including phenoxy) is 3. The van der Waals surface area contributed by atoms with E-state index in [0.717, 1.165) is 22.4 Å². The summed E-state index contributed by atoms with van der Waals surface area (Å²) in [5, 5.41) is 22.1. The van der Waals surface area contributed by atoms with Crippen molar-refractivity contribution in [1.29, 1.82) is 0 Å². The van der Waals surface area contributed by atoms with Gasteiger partial charge in [-0.15, -0.1) is 11.3 Å². The third-order valence-corrected chi connectivity index (χ3v) is 9.02. The fourth-order valence-electron chi connectivity index (χ4n) is 5.23. The van der Waals surface area contributed by atoms with E-state index in [4.69, 9.17) is 37.4 Å². The van der Waals surface area contributed by atoms with E-state index in [1.807, 2.05) is 35.2 Å². The molecule has 1 N–H and O–H groups in total. The molecule has 0 saturated heterocycles. The molecule has 1 aliphatic heterocycles. The van der Waals surface area contributed by atoms with Crippen molar-refractivity contribution in [3.63, 3.8) is 0 Å². The fourth-order valence-corrected chi connectivity index (χ4v) is 6.74. The monoisotopic (exact) mass is 642 g/mol. The molecule has 0 radical (unpaired) electrons. The molecule has 0 aliphatic carbocycles. The Bertz CT molecular complexity index is 1640. The first-order chi connectivity index (χ1) is 20.7. The minimum atomic E-state index is -0.915. The summed E-state index contributed by atoms with van der Waals surface area (Å²) < 4.78 is 17.3. The number of carbonyl (C=O) groups excluding carboxylic acids is 1. The Morgan fingerprint density at radius 3 is 2.49 bits per heavy atom. The lowest BCUT2D eigenvalue weighted by molar-refractivity contribution is -0.605. The Morgan fingerprint density at radius 2 is 1.79 bits per heavy atom. The highest BCUT2D eigenvalue weighted by Gasteiger charge is 2.33. The number of aromatic nitrogens is 1. The Balaban J connectivity index is 1.39. The van der Waals surface area contributed by atoms with Gasteiger partial charge in [0.1, 0.15) is 27.1 Å². The van der Waals surface area contributed by atoms with Crippen molar-refractivity contribution in [1.82, 2.24) is 4.90 Å². The van der Waals surface area contributed by atoms with Gasteiger partial charge in [-0.05, 0) is 47.4 Å². The number of carboxylic acid groups (broad SMARTS) is 1. The first-order valence-electron chi connectivity index (χ1n) is 13.3. The SMILES string of the molecule is COc1ccc([C@H](Cc2c(Cl)c[n+]([O-])cc2Cl)OC(=O)c2ccc(CN3CCc4ccccc4C3C(=O)O)s2)cc1OC. The van der Waals surface area contributed by atoms with Crippen molar-refractivity contribution >= 4 is 46.5 Å². The van der Waals surface area contributed by atoms with Gasteiger partial charge in [0.25, 0.3) is 0 Å².